The molecule has 0 bridgehead atoms. The second-order valence-electron chi connectivity index (χ2n) is 8.17. The predicted molar refractivity (Wildman–Crippen MR) is 102 cm³/mol. The first kappa shape index (κ1) is 19.4. The Balaban J connectivity index is 2.26. The molecule has 2 rings (SSSR count). The van der Waals surface area contributed by atoms with Gasteiger partial charge >= 0.3 is 0 Å². The molecule has 25 heavy (non-hydrogen) atoms. The number of likely N-dealkylation sites (N-methyl/N-ethyl adjacent to an activating group) is 1. The van der Waals surface area contributed by atoms with E-state index in [2.05, 4.69) is 18.0 Å². The van der Waals surface area contributed by atoms with Crippen LogP contribution in [0.15, 0.2) is 18.2 Å². The Morgan fingerprint density at radius 2 is 1.52 bits per heavy atom. The fourth-order valence-electron chi connectivity index (χ4n) is 3.08. The number of amides is 2. The van der Waals surface area contributed by atoms with Gasteiger partial charge in [0.2, 0.25) is 11.8 Å². The molecule has 0 unspecified atom stereocenters. The van der Waals surface area contributed by atoms with Crippen molar-refractivity contribution in [2.45, 2.75) is 34.6 Å². The fourth-order valence-corrected chi connectivity index (χ4v) is 3.08. The standard InChI is InChI=1S/C20H31N3O2/c1-15-11-16(2)13-17(12-15)23(19(25)20(3,4)5)14-18(24)22-9-7-21(6)8-10-22/h11-13H,7-10,14H2,1-6H3. The van der Waals surface area contributed by atoms with Gasteiger partial charge in [-0.15, -0.1) is 0 Å². The van der Waals surface area contributed by atoms with Crippen LogP contribution in [0.2, 0.25) is 0 Å². The lowest BCUT2D eigenvalue weighted by Crippen LogP contribution is -2.52. The molecule has 1 aromatic rings. The summed E-state index contributed by atoms with van der Waals surface area (Å²) in [7, 11) is 2.06. The highest BCUT2D eigenvalue weighted by atomic mass is 16.2. The maximum atomic E-state index is 13.0. The van der Waals surface area contributed by atoms with Crippen LogP contribution >= 0.6 is 0 Å². The Labute approximate surface area is 151 Å². The quantitative estimate of drug-likeness (QED) is 0.845. The normalized spacial score (nSPS) is 16.0. The summed E-state index contributed by atoms with van der Waals surface area (Å²) in [6, 6.07) is 6.04. The number of hydrogen-bond donors (Lipinski definition) is 0. The van der Waals surface area contributed by atoms with Crippen molar-refractivity contribution in [3.05, 3.63) is 29.3 Å². The summed E-state index contributed by atoms with van der Waals surface area (Å²) in [5.41, 5.74) is 2.45. The van der Waals surface area contributed by atoms with Crippen LogP contribution in [0.5, 0.6) is 0 Å². The molecule has 0 saturated carbocycles. The second kappa shape index (κ2) is 7.56. The molecule has 0 radical (unpaired) electrons. The molecule has 0 aliphatic carbocycles. The zero-order valence-electron chi connectivity index (χ0n) is 16.4. The third-order valence-electron chi connectivity index (χ3n) is 4.55. The largest absolute Gasteiger partial charge is 0.339 e. The minimum atomic E-state index is -0.542. The first-order valence-corrected chi connectivity index (χ1v) is 8.94. The van der Waals surface area contributed by atoms with E-state index in [0.717, 1.165) is 43.0 Å². The van der Waals surface area contributed by atoms with Crippen molar-refractivity contribution in [3.8, 4) is 0 Å². The fraction of sp³-hybridized carbons (Fsp3) is 0.600. The number of carbonyl (C=O) groups excluding carboxylic acids is 2. The molecule has 2 amide bonds. The van der Waals surface area contributed by atoms with E-state index in [1.165, 1.54) is 0 Å². The highest BCUT2D eigenvalue weighted by Gasteiger charge is 2.31. The van der Waals surface area contributed by atoms with Gasteiger partial charge in [-0.25, -0.2) is 0 Å². The molecule has 1 aliphatic rings. The van der Waals surface area contributed by atoms with Crippen molar-refractivity contribution >= 4 is 17.5 Å². The van der Waals surface area contributed by atoms with Crippen molar-refractivity contribution in [1.82, 2.24) is 9.80 Å². The highest BCUT2D eigenvalue weighted by molar-refractivity contribution is 6.01. The number of carbonyl (C=O) groups is 2. The van der Waals surface area contributed by atoms with Gasteiger partial charge in [-0.2, -0.15) is 0 Å². The third kappa shape index (κ3) is 5.05. The van der Waals surface area contributed by atoms with Crippen molar-refractivity contribution in [3.63, 3.8) is 0 Å². The van der Waals surface area contributed by atoms with Gasteiger partial charge in [-0.3, -0.25) is 9.59 Å². The van der Waals surface area contributed by atoms with Gasteiger partial charge in [-0.1, -0.05) is 26.8 Å². The van der Waals surface area contributed by atoms with E-state index in [4.69, 9.17) is 0 Å². The van der Waals surface area contributed by atoms with Gasteiger partial charge in [0.1, 0.15) is 6.54 Å². The summed E-state index contributed by atoms with van der Waals surface area (Å²) in [4.78, 5) is 31.5. The minimum Gasteiger partial charge on any atom is -0.339 e. The SMILES string of the molecule is Cc1cc(C)cc(N(CC(=O)N2CCN(C)CC2)C(=O)C(C)(C)C)c1. The van der Waals surface area contributed by atoms with E-state index < -0.39 is 5.41 Å². The molecule has 5 nitrogen and oxygen atoms in total. The topological polar surface area (TPSA) is 43.9 Å². The van der Waals surface area contributed by atoms with Crippen LogP contribution in [-0.2, 0) is 9.59 Å². The average Bonchev–Trinajstić information content (AvgIpc) is 2.50. The number of benzene rings is 1. The number of nitrogens with zero attached hydrogens (tertiary/aromatic N) is 3. The summed E-state index contributed by atoms with van der Waals surface area (Å²) < 4.78 is 0. The van der Waals surface area contributed by atoms with E-state index in [-0.39, 0.29) is 18.4 Å². The van der Waals surface area contributed by atoms with Crippen LogP contribution in [0.4, 0.5) is 5.69 Å². The Morgan fingerprint density at radius 1 is 1.00 bits per heavy atom. The van der Waals surface area contributed by atoms with E-state index in [1.807, 2.05) is 51.7 Å². The lowest BCUT2D eigenvalue weighted by molar-refractivity contribution is -0.134. The molecule has 0 aromatic heterocycles. The van der Waals surface area contributed by atoms with Crippen LogP contribution in [0.3, 0.4) is 0 Å². The van der Waals surface area contributed by atoms with Gasteiger partial charge in [0.25, 0.3) is 0 Å². The van der Waals surface area contributed by atoms with Crippen molar-refractivity contribution in [2.75, 3.05) is 44.7 Å². The number of aryl methyl sites for hydroxylation is 2. The smallest absolute Gasteiger partial charge is 0.242 e. The van der Waals surface area contributed by atoms with E-state index in [9.17, 15) is 9.59 Å². The Bertz CT molecular complexity index is 621. The summed E-state index contributed by atoms with van der Waals surface area (Å²) in [6.45, 7) is 13.0. The molecule has 0 atom stereocenters. The molecule has 138 valence electrons. The second-order valence-corrected chi connectivity index (χ2v) is 8.17. The molecule has 0 N–H and O–H groups in total. The lowest BCUT2D eigenvalue weighted by atomic mass is 9.94. The van der Waals surface area contributed by atoms with E-state index in [1.54, 1.807) is 4.90 Å². The average molecular weight is 345 g/mol. The van der Waals surface area contributed by atoms with Gasteiger partial charge in [0.05, 0.1) is 0 Å². The van der Waals surface area contributed by atoms with Crippen molar-refractivity contribution in [1.29, 1.82) is 0 Å². The molecule has 1 heterocycles. The molecular formula is C20H31N3O2. The maximum absolute atomic E-state index is 13.0. The summed E-state index contributed by atoms with van der Waals surface area (Å²) >= 11 is 0. The molecule has 1 saturated heterocycles. The van der Waals surface area contributed by atoms with Gasteiger partial charge in [0.15, 0.2) is 0 Å². The van der Waals surface area contributed by atoms with Crippen molar-refractivity contribution < 1.29 is 9.59 Å². The van der Waals surface area contributed by atoms with Gasteiger partial charge < -0.3 is 14.7 Å². The Kier molecular flexibility index (Phi) is 5.88. The molecule has 5 heteroatoms. The number of anilines is 1. The minimum absolute atomic E-state index is 0.0184. The zero-order chi connectivity index (χ0) is 18.8. The lowest BCUT2D eigenvalue weighted by Gasteiger charge is -2.35. The summed E-state index contributed by atoms with van der Waals surface area (Å²) in [5, 5.41) is 0. The van der Waals surface area contributed by atoms with Crippen molar-refractivity contribution in [2.24, 2.45) is 5.41 Å². The van der Waals surface area contributed by atoms with E-state index >= 15 is 0 Å². The Morgan fingerprint density at radius 3 is 2.00 bits per heavy atom. The predicted octanol–water partition coefficient (Wildman–Crippen LogP) is 2.46. The summed E-state index contributed by atoms with van der Waals surface area (Å²) in [5.74, 6) is -0.00941. The first-order chi connectivity index (χ1) is 11.6. The molecular weight excluding hydrogens is 314 g/mol. The van der Waals surface area contributed by atoms with Crippen LogP contribution in [0.25, 0.3) is 0 Å². The number of rotatable bonds is 3. The van der Waals surface area contributed by atoms with Crippen LogP contribution in [0, 0.1) is 19.3 Å². The zero-order valence-corrected chi connectivity index (χ0v) is 16.4. The number of hydrogen-bond acceptors (Lipinski definition) is 3. The molecule has 1 aromatic carbocycles. The highest BCUT2D eigenvalue weighted by Crippen LogP contribution is 2.25. The van der Waals surface area contributed by atoms with Crippen LogP contribution < -0.4 is 4.90 Å². The molecule has 0 spiro atoms. The first-order valence-electron chi connectivity index (χ1n) is 8.94. The summed E-state index contributed by atoms with van der Waals surface area (Å²) in [6.07, 6.45) is 0. The number of piperazine rings is 1. The van der Waals surface area contributed by atoms with Crippen LogP contribution in [0.1, 0.15) is 31.9 Å². The third-order valence-corrected chi connectivity index (χ3v) is 4.55. The Hall–Kier alpha value is -1.88. The van der Waals surface area contributed by atoms with Crippen LogP contribution in [-0.4, -0.2) is 61.4 Å². The molecule has 1 aliphatic heterocycles. The maximum Gasteiger partial charge on any atom is 0.242 e. The van der Waals surface area contributed by atoms with Gasteiger partial charge in [-0.05, 0) is 44.2 Å². The molecule has 1 fully saturated rings. The monoisotopic (exact) mass is 345 g/mol. The van der Waals surface area contributed by atoms with E-state index in [0.29, 0.717) is 0 Å². The van der Waals surface area contributed by atoms with Gasteiger partial charge in [0, 0.05) is 37.3 Å².